The number of rotatable bonds is 6. The summed E-state index contributed by atoms with van der Waals surface area (Å²) >= 11 is 0. The molecule has 112 valence electrons. The van der Waals surface area contributed by atoms with Crippen molar-refractivity contribution in [3.63, 3.8) is 0 Å². The average molecular weight is 276 g/mol. The Hall–Kier alpha value is -1.35. The first-order chi connectivity index (χ1) is 9.25. The molecule has 1 amide bonds. The van der Waals surface area contributed by atoms with Crippen molar-refractivity contribution in [3.05, 3.63) is 35.9 Å². The van der Waals surface area contributed by atoms with Gasteiger partial charge in [-0.15, -0.1) is 0 Å². The number of benzene rings is 1. The van der Waals surface area contributed by atoms with Crippen molar-refractivity contribution in [1.82, 2.24) is 10.2 Å². The van der Waals surface area contributed by atoms with E-state index in [4.69, 9.17) is 0 Å². The van der Waals surface area contributed by atoms with E-state index in [-0.39, 0.29) is 17.4 Å². The van der Waals surface area contributed by atoms with E-state index in [2.05, 4.69) is 45.1 Å². The lowest BCUT2D eigenvalue weighted by atomic mass is 9.84. The molecule has 3 nitrogen and oxygen atoms in total. The Labute approximate surface area is 123 Å². The largest absolute Gasteiger partial charge is 0.354 e. The molecule has 1 atom stereocenters. The molecular formula is C17H28N2O. The fourth-order valence-electron chi connectivity index (χ4n) is 2.54. The maximum atomic E-state index is 12.4. The number of carbonyl (C=O) groups is 1. The maximum absolute atomic E-state index is 12.4. The van der Waals surface area contributed by atoms with Gasteiger partial charge in [0.05, 0.1) is 6.04 Å². The molecule has 0 aliphatic heterocycles. The molecule has 0 saturated carbocycles. The summed E-state index contributed by atoms with van der Waals surface area (Å²) in [6, 6.07) is 10.2. The number of likely N-dealkylation sites (N-methyl/N-ethyl adjacent to an activating group) is 1. The quantitative estimate of drug-likeness (QED) is 0.866. The molecule has 0 radical (unpaired) electrons. The van der Waals surface area contributed by atoms with Crippen molar-refractivity contribution in [3.8, 4) is 0 Å². The first-order valence-electron chi connectivity index (χ1n) is 7.25. The fraction of sp³-hybridized carbons (Fsp3) is 0.588. The van der Waals surface area contributed by atoms with Crippen LogP contribution < -0.4 is 5.32 Å². The van der Waals surface area contributed by atoms with Crippen LogP contribution in [0, 0.1) is 5.92 Å². The molecule has 1 aromatic carbocycles. The summed E-state index contributed by atoms with van der Waals surface area (Å²) in [6.07, 6.45) is 0. The standard InChI is InChI=1S/C17H28N2O/c1-13(2)15(19(5)6)16(20)18-12-17(3,4)14-10-8-7-9-11-14/h7-11,13,15H,12H2,1-6H3,(H,18,20)/t15-/m0/s1. The van der Waals surface area contributed by atoms with E-state index >= 15 is 0 Å². The van der Waals surface area contributed by atoms with Crippen molar-refractivity contribution < 1.29 is 4.79 Å². The van der Waals surface area contributed by atoms with Crippen molar-refractivity contribution in [2.45, 2.75) is 39.2 Å². The lowest BCUT2D eigenvalue weighted by Crippen LogP contribution is -2.49. The van der Waals surface area contributed by atoms with Gasteiger partial charge in [-0.3, -0.25) is 9.69 Å². The second-order valence-electron chi connectivity index (χ2n) is 6.62. The summed E-state index contributed by atoms with van der Waals surface area (Å²) in [7, 11) is 3.90. The van der Waals surface area contributed by atoms with Gasteiger partial charge in [-0.1, -0.05) is 58.0 Å². The minimum Gasteiger partial charge on any atom is -0.354 e. The molecule has 0 fully saturated rings. The highest BCUT2D eigenvalue weighted by molar-refractivity contribution is 5.82. The SMILES string of the molecule is CC(C)[C@@H](C(=O)NCC(C)(C)c1ccccc1)N(C)C. The molecule has 0 heterocycles. The fourth-order valence-corrected chi connectivity index (χ4v) is 2.54. The van der Waals surface area contributed by atoms with E-state index < -0.39 is 0 Å². The van der Waals surface area contributed by atoms with E-state index in [9.17, 15) is 4.79 Å². The van der Waals surface area contributed by atoms with Gasteiger partial charge < -0.3 is 5.32 Å². The van der Waals surface area contributed by atoms with Crippen molar-refractivity contribution in [2.75, 3.05) is 20.6 Å². The number of amides is 1. The van der Waals surface area contributed by atoms with E-state index in [1.807, 2.05) is 37.2 Å². The summed E-state index contributed by atoms with van der Waals surface area (Å²) in [5.41, 5.74) is 1.18. The average Bonchev–Trinajstić information content (AvgIpc) is 2.37. The second-order valence-corrected chi connectivity index (χ2v) is 6.62. The number of hydrogen-bond acceptors (Lipinski definition) is 2. The monoisotopic (exact) mass is 276 g/mol. The Morgan fingerprint density at radius 1 is 1.20 bits per heavy atom. The minimum absolute atomic E-state index is 0.0647. The van der Waals surface area contributed by atoms with E-state index in [0.717, 1.165) is 0 Å². The van der Waals surface area contributed by atoms with Gasteiger partial charge in [0.25, 0.3) is 0 Å². The van der Waals surface area contributed by atoms with Gasteiger partial charge in [0.1, 0.15) is 0 Å². The molecule has 0 unspecified atom stereocenters. The highest BCUT2D eigenvalue weighted by atomic mass is 16.2. The lowest BCUT2D eigenvalue weighted by molar-refractivity contribution is -0.127. The van der Waals surface area contributed by atoms with Crippen LogP contribution in [-0.4, -0.2) is 37.5 Å². The van der Waals surface area contributed by atoms with E-state index in [1.54, 1.807) is 0 Å². The number of nitrogens with zero attached hydrogens (tertiary/aromatic N) is 1. The molecule has 0 aliphatic rings. The molecule has 0 aromatic heterocycles. The van der Waals surface area contributed by atoms with Crippen molar-refractivity contribution in [1.29, 1.82) is 0 Å². The molecule has 0 bridgehead atoms. The van der Waals surface area contributed by atoms with Gasteiger partial charge in [-0.25, -0.2) is 0 Å². The number of hydrogen-bond donors (Lipinski definition) is 1. The Morgan fingerprint density at radius 3 is 2.20 bits per heavy atom. The highest BCUT2D eigenvalue weighted by Crippen LogP contribution is 2.22. The zero-order chi connectivity index (χ0) is 15.3. The van der Waals surface area contributed by atoms with Crippen LogP contribution in [0.4, 0.5) is 0 Å². The molecule has 20 heavy (non-hydrogen) atoms. The van der Waals surface area contributed by atoms with Gasteiger partial charge >= 0.3 is 0 Å². The Kier molecular flexibility index (Phi) is 5.75. The van der Waals surface area contributed by atoms with Crippen LogP contribution in [0.2, 0.25) is 0 Å². The Bertz CT molecular complexity index is 416. The smallest absolute Gasteiger partial charge is 0.237 e. The van der Waals surface area contributed by atoms with Crippen LogP contribution >= 0.6 is 0 Å². The summed E-state index contributed by atoms with van der Waals surface area (Å²) in [4.78, 5) is 14.3. The predicted octanol–water partition coefficient (Wildman–Crippen LogP) is 2.67. The molecule has 1 N–H and O–H groups in total. The third kappa shape index (κ3) is 4.34. The highest BCUT2D eigenvalue weighted by Gasteiger charge is 2.27. The Morgan fingerprint density at radius 2 is 1.75 bits per heavy atom. The van der Waals surface area contributed by atoms with Gasteiger partial charge in [0.15, 0.2) is 0 Å². The van der Waals surface area contributed by atoms with Crippen LogP contribution in [0.25, 0.3) is 0 Å². The zero-order valence-corrected chi connectivity index (χ0v) is 13.6. The molecule has 0 saturated heterocycles. The Balaban J connectivity index is 2.68. The normalized spacial score (nSPS) is 13.6. The third-order valence-corrected chi connectivity index (χ3v) is 3.72. The number of carbonyl (C=O) groups excluding carboxylic acids is 1. The first kappa shape index (κ1) is 16.7. The van der Waals surface area contributed by atoms with Crippen LogP contribution in [-0.2, 0) is 10.2 Å². The maximum Gasteiger partial charge on any atom is 0.237 e. The van der Waals surface area contributed by atoms with Crippen LogP contribution in [0.5, 0.6) is 0 Å². The molecule has 1 rings (SSSR count). The van der Waals surface area contributed by atoms with Crippen molar-refractivity contribution >= 4 is 5.91 Å². The minimum atomic E-state index is -0.0819. The van der Waals surface area contributed by atoms with Crippen molar-refractivity contribution in [2.24, 2.45) is 5.92 Å². The van der Waals surface area contributed by atoms with Crippen LogP contribution in [0.3, 0.4) is 0 Å². The molecule has 0 spiro atoms. The van der Waals surface area contributed by atoms with Gasteiger partial charge in [0.2, 0.25) is 5.91 Å². The topological polar surface area (TPSA) is 32.3 Å². The van der Waals surface area contributed by atoms with Crippen LogP contribution in [0.1, 0.15) is 33.3 Å². The summed E-state index contributed by atoms with van der Waals surface area (Å²) in [5, 5.41) is 3.10. The van der Waals surface area contributed by atoms with E-state index in [0.29, 0.717) is 12.5 Å². The van der Waals surface area contributed by atoms with Crippen LogP contribution in [0.15, 0.2) is 30.3 Å². The molecule has 3 heteroatoms. The summed E-state index contributed by atoms with van der Waals surface area (Å²) in [5.74, 6) is 0.402. The van der Waals surface area contributed by atoms with Gasteiger partial charge in [0, 0.05) is 12.0 Å². The van der Waals surface area contributed by atoms with E-state index in [1.165, 1.54) is 5.56 Å². The molecular weight excluding hydrogens is 248 g/mol. The summed E-state index contributed by atoms with van der Waals surface area (Å²) < 4.78 is 0. The molecule has 0 aliphatic carbocycles. The zero-order valence-electron chi connectivity index (χ0n) is 13.6. The third-order valence-electron chi connectivity index (χ3n) is 3.72. The van der Waals surface area contributed by atoms with Gasteiger partial charge in [-0.2, -0.15) is 0 Å². The number of nitrogens with one attached hydrogen (secondary N) is 1. The predicted molar refractivity (Wildman–Crippen MR) is 84.8 cm³/mol. The lowest BCUT2D eigenvalue weighted by Gasteiger charge is -2.30. The van der Waals surface area contributed by atoms with Gasteiger partial charge in [-0.05, 0) is 25.6 Å². The summed E-state index contributed by atoms with van der Waals surface area (Å²) in [6.45, 7) is 9.11. The molecule has 1 aromatic rings. The first-order valence-corrected chi connectivity index (χ1v) is 7.25. The second kappa shape index (κ2) is 6.89.